The fourth-order valence-electron chi connectivity index (χ4n) is 2.05. The number of esters is 1. The molecule has 0 amide bonds. The number of aryl methyl sites for hydroxylation is 2. The molecule has 4 heteroatoms. The third-order valence-corrected chi connectivity index (χ3v) is 2.90. The lowest BCUT2D eigenvalue weighted by Gasteiger charge is -2.00. The Balaban J connectivity index is 2.37. The molecule has 2 aromatic rings. The molecule has 4 nitrogen and oxygen atoms in total. The minimum Gasteiger partial charge on any atom is -0.507 e. The number of rotatable bonds is 3. The molecular formula is C13H15NO3. The van der Waals surface area contributed by atoms with Gasteiger partial charge in [-0.15, -0.1) is 0 Å². The van der Waals surface area contributed by atoms with Crippen LogP contribution in [0.3, 0.4) is 0 Å². The number of ether oxygens (including phenoxy) is 1. The van der Waals surface area contributed by atoms with Crippen molar-refractivity contribution in [2.24, 2.45) is 7.05 Å². The number of carbonyl (C=O) groups is 1. The monoisotopic (exact) mass is 233 g/mol. The zero-order valence-corrected chi connectivity index (χ0v) is 9.93. The molecule has 1 aromatic heterocycles. The van der Waals surface area contributed by atoms with Crippen molar-refractivity contribution < 1.29 is 14.6 Å². The second kappa shape index (κ2) is 4.49. The molecule has 0 atom stereocenters. The van der Waals surface area contributed by atoms with E-state index < -0.39 is 0 Å². The Kier molecular flexibility index (Phi) is 3.04. The number of phenols is 1. The second-order valence-corrected chi connectivity index (χ2v) is 4.01. The number of methoxy groups -OCH3 is 1. The predicted octanol–water partition coefficient (Wildman–Crippen LogP) is 1.99. The molecule has 0 bridgehead atoms. The summed E-state index contributed by atoms with van der Waals surface area (Å²) in [7, 11) is 3.30. The summed E-state index contributed by atoms with van der Waals surface area (Å²) in [5.74, 6) is 0.0142. The van der Waals surface area contributed by atoms with Gasteiger partial charge in [-0.2, -0.15) is 0 Å². The van der Waals surface area contributed by atoms with Gasteiger partial charge in [0.1, 0.15) is 5.75 Å². The fourth-order valence-corrected chi connectivity index (χ4v) is 2.05. The molecule has 0 aliphatic heterocycles. The maximum atomic E-state index is 11.1. The van der Waals surface area contributed by atoms with E-state index in [1.807, 2.05) is 29.9 Å². The summed E-state index contributed by atoms with van der Waals surface area (Å²) >= 11 is 0. The van der Waals surface area contributed by atoms with E-state index in [0.717, 1.165) is 16.5 Å². The first-order chi connectivity index (χ1) is 8.13. The molecule has 17 heavy (non-hydrogen) atoms. The van der Waals surface area contributed by atoms with E-state index in [4.69, 9.17) is 0 Å². The lowest BCUT2D eigenvalue weighted by Crippen LogP contribution is -2.01. The third kappa shape index (κ3) is 2.11. The van der Waals surface area contributed by atoms with Crippen LogP contribution < -0.4 is 0 Å². The van der Waals surface area contributed by atoms with Crippen LogP contribution in [0.5, 0.6) is 5.75 Å². The molecule has 0 saturated carbocycles. The summed E-state index contributed by atoms with van der Waals surface area (Å²) in [6.07, 6.45) is 2.83. The van der Waals surface area contributed by atoms with Crippen LogP contribution in [-0.4, -0.2) is 22.8 Å². The molecule has 0 aliphatic carbocycles. The molecule has 0 aliphatic rings. The van der Waals surface area contributed by atoms with Crippen LogP contribution >= 0.6 is 0 Å². The van der Waals surface area contributed by atoms with E-state index in [9.17, 15) is 9.90 Å². The van der Waals surface area contributed by atoms with E-state index in [1.54, 1.807) is 6.07 Å². The standard InChI is InChI=1S/C13H15NO3/c1-14-8-9(6-7-12(16)17-2)13-10(14)4-3-5-11(13)15/h3-5,8,15H,6-7H2,1-2H3. The van der Waals surface area contributed by atoms with Crippen molar-refractivity contribution in [3.8, 4) is 5.75 Å². The van der Waals surface area contributed by atoms with Crippen LogP contribution in [0.4, 0.5) is 0 Å². The van der Waals surface area contributed by atoms with Gasteiger partial charge in [-0.25, -0.2) is 0 Å². The summed E-state index contributed by atoms with van der Waals surface area (Å²) in [5, 5.41) is 10.7. The number of carbonyl (C=O) groups excluding carboxylic acids is 1. The van der Waals surface area contributed by atoms with Gasteiger partial charge in [0.25, 0.3) is 0 Å². The zero-order chi connectivity index (χ0) is 12.4. The molecule has 0 radical (unpaired) electrons. The Morgan fingerprint density at radius 3 is 2.94 bits per heavy atom. The summed E-state index contributed by atoms with van der Waals surface area (Å²) in [5.41, 5.74) is 1.93. The summed E-state index contributed by atoms with van der Waals surface area (Å²) in [6, 6.07) is 5.41. The lowest BCUT2D eigenvalue weighted by molar-refractivity contribution is -0.140. The van der Waals surface area contributed by atoms with E-state index in [1.165, 1.54) is 7.11 Å². The van der Waals surface area contributed by atoms with Crippen LogP contribution in [0.15, 0.2) is 24.4 Å². The molecule has 1 aromatic carbocycles. The molecule has 0 fully saturated rings. The van der Waals surface area contributed by atoms with Gasteiger partial charge in [0.2, 0.25) is 0 Å². The van der Waals surface area contributed by atoms with Crippen LogP contribution in [0.25, 0.3) is 10.9 Å². The van der Waals surface area contributed by atoms with E-state index in [-0.39, 0.29) is 11.7 Å². The Labute approximate surface area is 99.4 Å². The van der Waals surface area contributed by atoms with Gasteiger partial charge in [0.15, 0.2) is 0 Å². The molecule has 2 rings (SSSR count). The Bertz CT molecular complexity index is 557. The number of phenolic OH excluding ortho intramolecular Hbond substituents is 1. The number of aromatic nitrogens is 1. The van der Waals surface area contributed by atoms with Crippen molar-refractivity contribution in [3.63, 3.8) is 0 Å². The number of nitrogens with zero attached hydrogens (tertiary/aromatic N) is 1. The Hall–Kier alpha value is -1.97. The highest BCUT2D eigenvalue weighted by Gasteiger charge is 2.11. The molecule has 1 N–H and O–H groups in total. The number of aromatic hydroxyl groups is 1. The SMILES string of the molecule is COC(=O)CCc1cn(C)c2cccc(O)c12. The summed E-state index contributed by atoms with van der Waals surface area (Å²) < 4.78 is 6.56. The molecular weight excluding hydrogens is 218 g/mol. The van der Waals surface area contributed by atoms with Crippen molar-refractivity contribution in [1.82, 2.24) is 4.57 Å². The first-order valence-electron chi connectivity index (χ1n) is 5.46. The van der Waals surface area contributed by atoms with Gasteiger partial charge in [-0.05, 0) is 24.1 Å². The highest BCUT2D eigenvalue weighted by Crippen LogP contribution is 2.29. The Morgan fingerprint density at radius 2 is 2.24 bits per heavy atom. The van der Waals surface area contributed by atoms with Crippen LogP contribution in [-0.2, 0) is 23.0 Å². The van der Waals surface area contributed by atoms with Crippen LogP contribution in [0.2, 0.25) is 0 Å². The Morgan fingerprint density at radius 1 is 1.47 bits per heavy atom. The van der Waals surface area contributed by atoms with Crippen molar-refractivity contribution in [3.05, 3.63) is 30.0 Å². The molecule has 1 heterocycles. The molecule has 0 spiro atoms. The quantitative estimate of drug-likeness (QED) is 0.825. The van der Waals surface area contributed by atoms with Crippen LogP contribution in [0, 0.1) is 0 Å². The normalized spacial score (nSPS) is 10.7. The van der Waals surface area contributed by atoms with E-state index in [2.05, 4.69) is 4.74 Å². The second-order valence-electron chi connectivity index (χ2n) is 4.01. The maximum absolute atomic E-state index is 11.1. The summed E-state index contributed by atoms with van der Waals surface area (Å²) in [6.45, 7) is 0. The largest absolute Gasteiger partial charge is 0.507 e. The number of hydrogen-bond acceptors (Lipinski definition) is 3. The fraction of sp³-hybridized carbons (Fsp3) is 0.308. The van der Waals surface area contributed by atoms with Gasteiger partial charge < -0.3 is 14.4 Å². The van der Waals surface area contributed by atoms with E-state index >= 15 is 0 Å². The van der Waals surface area contributed by atoms with Crippen molar-refractivity contribution >= 4 is 16.9 Å². The average molecular weight is 233 g/mol. The van der Waals surface area contributed by atoms with Crippen LogP contribution in [0.1, 0.15) is 12.0 Å². The third-order valence-electron chi connectivity index (χ3n) is 2.90. The molecule has 0 saturated heterocycles. The topological polar surface area (TPSA) is 51.5 Å². The van der Waals surface area contributed by atoms with Crippen molar-refractivity contribution in [1.29, 1.82) is 0 Å². The first-order valence-corrected chi connectivity index (χ1v) is 5.46. The average Bonchev–Trinajstić information content (AvgIpc) is 2.65. The molecule has 90 valence electrons. The number of benzene rings is 1. The number of fused-ring (bicyclic) bond motifs is 1. The van der Waals surface area contributed by atoms with Gasteiger partial charge in [-0.3, -0.25) is 4.79 Å². The smallest absolute Gasteiger partial charge is 0.305 e. The first kappa shape index (κ1) is 11.5. The molecule has 0 unspecified atom stereocenters. The van der Waals surface area contributed by atoms with Gasteiger partial charge in [0, 0.05) is 25.1 Å². The van der Waals surface area contributed by atoms with Crippen molar-refractivity contribution in [2.75, 3.05) is 7.11 Å². The highest BCUT2D eigenvalue weighted by atomic mass is 16.5. The van der Waals surface area contributed by atoms with Gasteiger partial charge in [0.05, 0.1) is 12.6 Å². The van der Waals surface area contributed by atoms with Crippen molar-refractivity contribution in [2.45, 2.75) is 12.8 Å². The van der Waals surface area contributed by atoms with Gasteiger partial charge in [-0.1, -0.05) is 6.07 Å². The lowest BCUT2D eigenvalue weighted by atomic mass is 10.1. The van der Waals surface area contributed by atoms with E-state index in [0.29, 0.717) is 12.8 Å². The summed E-state index contributed by atoms with van der Waals surface area (Å²) in [4.78, 5) is 11.1. The zero-order valence-electron chi connectivity index (χ0n) is 9.93. The predicted molar refractivity (Wildman–Crippen MR) is 64.9 cm³/mol. The van der Waals surface area contributed by atoms with Gasteiger partial charge >= 0.3 is 5.97 Å². The number of hydrogen-bond donors (Lipinski definition) is 1. The minimum atomic E-state index is -0.238. The maximum Gasteiger partial charge on any atom is 0.305 e. The highest BCUT2D eigenvalue weighted by molar-refractivity contribution is 5.90. The minimum absolute atomic E-state index is 0.238.